The maximum absolute atomic E-state index is 13.7. The summed E-state index contributed by atoms with van der Waals surface area (Å²) < 4.78 is 63.0. The van der Waals surface area contributed by atoms with Gasteiger partial charge in [-0.1, -0.05) is 6.07 Å². The number of nitrogens with zero attached hydrogens (tertiary/aromatic N) is 3. The summed E-state index contributed by atoms with van der Waals surface area (Å²) in [7, 11) is 1.58. The van der Waals surface area contributed by atoms with Crippen LogP contribution in [0.15, 0.2) is 47.0 Å². The van der Waals surface area contributed by atoms with E-state index in [0.29, 0.717) is 49.6 Å². The molecule has 0 unspecified atom stereocenters. The van der Waals surface area contributed by atoms with Gasteiger partial charge in [0.25, 0.3) is 0 Å². The minimum Gasteiger partial charge on any atom is -0.496 e. The molecule has 1 aliphatic heterocycles. The number of aryl methyl sites for hydroxylation is 1. The molecule has 1 saturated heterocycles. The first kappa shape index (κ1) is 24.4. The second-order valence-electron chi connectivity index (χ2n) is 8.07. The number of oxazole rings is 1. The zero-order chi connectivity index (χ0) is 25.2. The molecule has 0 radical (unpaired) electrons. The summed E-state index contributed by atoms with van der Waals surface area (Å²) in [6.07, 6.45) is -3.12. The van der Waals surface area contributed by atoms with Crippen molar-refractivity contribution in [3.05, 3.63) is 65.4 Å². The van der Waals surface area contributed by atoms with Crippen LogP contribution >= 0.6 is 0 Å². The summed E-state index contributed by atoms with van der Waals surface area (Å²) in [6.45, 7) is 3.73. The fourth-order valence-corrected chi connectivity index (χ4v) is 3.92. The zero-order valence-electron chi connectivity index (χ0n) is 19.2. The third kappa shape index (κ3) is 5.50. The Morgan fingerprint density at radius 1 is 1.14 bits per heavy atom. The first-order valence-electron chi connectivity index (χ1n) is 10.9. The number of aromatic nitrogens is 1. The van der Waals surface area contributed by atoms with Gasteiger partial charge in [0.15, 0.2) is 11.7 Å². The molecule has 1 N–H and O–H groups in total. The minimum atomic E-state index is -4.76. The number of urea groups is 1. The summed E-state index contributed by atoms with van der Waals surface area (Å²) in [5.74, 6) is 0.449. The van der Waals surface area contributed by atoms with E-state index in [-0.39, 0.29) is 18.1 Å². The lowest BCUT2D eigenvalue weighted by atomic mass is 10.1. The molecule has 11 heteroatoms. The summed E-state index contributed by atoms with van der Waals surface area (Å²) in [5, 5.41) is 2.64. The summed E-state index contributed by atoms with van der Waals surface area (Å²) in [4.78, 5) is 20.4. The molecule has 2 amide bonds. The van der Waals surface area contributed by atoms with E-state index in [0.717, 1.165) is 23.4 Å². The smallest absolute Gasteiger partial charge is 0.419 e. The van der Waals surface area contributed by atoms with Gasteiger partial charge in [0.2, 0.25) is 0 Å². The van der Waals surface area contributed by atoms with Crippen LogP contribution in [-0.4, -0.2) is 49.2 Å². The molecule has 0 atom stereocenters. The Bertz CT molecular complexity index is 1200. The number of alkyl halides is 3. The van der Waals surface area contributed by atoms with Gasteiger partial charge in [0.05, 0.1) is 24.4 Å². The fourth-order valence-electron chi connectivity index (χ4n) is 3.92. The quantitative estimate of drug-likeness (QED) is 0.516. The third-order valence-corrected chi connectivity index (χ3v) is 5.79. The highest BCUT2D eigenvalue weighted by molar-refractivity contribution is 5.75. The van der Waals surface area contributed by atoms with Crippen molar-refractivity contribution in [2.45, 2.75) is 19.6 Å². The third-order valence-electron chi connectivity index (χ3n) is 5.79. The highest BCUT2D eigenvalue weighted by Gasteiger charge is 2.34. The maximum atomic E-state index is 13.7. The van der Waals surface area contributed by atoms with Gasteiger partial charge in [0, 0.05) is 51.4 Å². The molecule has 2 heterocycles. The Kier molecular flexibility index (Phi) is 6.86. The molecule has 1 aliphatic rings. The standard InChI is InChI=1S/C24H24F4N4O3/c1-15-29-14-22(35-15)18-5-4-17(12-21(18)34-2)31-7-9-32(10-8-31)23(33)30-13-16-3-6-19(20(25)11-16)24(26,27)28/h3-6,11-12,14H,7-10,13H2,1-2H3,(H,30,33). The Morgan fingerprint density at radius 2 is 1.89 bits per heavy atom. The number of amides is 2. The van der Waals surface area contributed by atoms with Crippen molar-refractivity contribution in [1.29, 1.82) is 0 Å². The Balaban J connectivity index is 1.33. The molecule has 0 aliphatic carbocycles. The van der Waals surface area contributed by atoms with Gasteiger partial charge in [-0.2, -0.15) is 13.2 Å². The zero-order valence-corrected chi connectivity index (χ0v) is 19.2. The number of hydrogen-bond donors (Lipinski definition) is 1. The first-order valence-corrected chi connectivity index (χ1v) is 10.9. The van der Waals surface area contributed by atoms with Crippen LogP contribution in [0.5, 0.6) is 5.75 Å². The van der Waals surface area contributed by atoms with Gasteiger partial charge in [-0.05, 0) is 29.8 Å². The number of nitrogens with one attached hydrogen (secondary N) is 1. The van der Waals surface area contributed by atoms with Crippen molar-refractivity contribution in [1.82, 2.24) is 15.2 Å². The maximum Gasteiger partial charge on any atom is 0.419 e. The number of hydrogen-bond acceptors (Lipinski definition) is 5. The van der Waals surface area contributed by atoms with Crippen molar-refractivity contribution in [3.8, 4) is 17.1 Å². The number of halogens is 4. The topological polar surface area (TPSA) is 70.8 Å². The monoisotopic (exact) mass is 492 g/mol. The van der Waals surface area contributed by atoms with Crippen molar-refractivity contribution >= 4 is 11.7 Å². The number of carbonyl (C=O) groups is 1. The van der Waals surface area contributed by atoms with Gasteiger partial charge in [-0.25, -0.2) is 14.2 Å². The van der Waals surface area contributed by atoms with Crippen molar-refractivity contribution in [3.63, 3.8) is 0 Å². The van der Waals surface area contributed by atoms with E-state index in [4.69, 9.17) is 9.15 Å². The van der Waals surface area contributed by atoms with Crippen LogP contribution in [-0.2, 0) is 12.7 Å². The molecule has 0 bridgehead atoms. The fraction of sp³-hybridized carbons (Fsp3) is 0.333. The van der Waals surface area contributed by atoms with E-state index < -0.39 is 17.6 Å². The largest absolute Gasteiger partial charge is 0.496 e. The molecule has 186 valence electrons. The highest BCUT2D eigenvalue weighted by Crippen LogP contribution is 2.34. The average molecular weight is 492 g/mol. The molecule has 2 aromatic carbocycles. The number of rotatable bonds is 5. The Hall–Kier alpha value is -3.76. The molecule has 1 aromatic heterocycles. The normalized spacial score (nSPS) is 14.2. The number of ether oxygens (including phenoxy) is 1. The molecule has 1 fully saturated rings. The first-order chi connectivity index (χ1) is 16.7. The van der Waals surface area contributed by atoms with E-state index in [1.54, 1.807) is 25.1 Å². The molecular formula is C24H24F4N4O3. The van der Waals surface area contributed by atoms with E-state index in [1.807, 2.05) is 18.2 Å². The van der Waals surface area contributed by atoms with Gasteiger partial charge in [0.1, 0.15) is 11.6 Å². The molecule has 0 saturated carbocycles. The summed E-state index contributed by atoms with van der Waals surface area (Å²) in [5.41, 5.74) is 0.637. The highest BCUT2D eigenvalue weighted by atomic mass is 19.4. The van der Waals surface area contributed by atoms with Crippen LogP contribution in [0.2, 0.25) is 0 Å². The van der Waals surface area contributed by atoms with Crippen LogP contribution in [0, 0.1) is 12.7 Å². The lowest BCUT2D eigenvalue weighted by Gasteiger charge is -2.36. The van der Waals surface area contributed by atoms with Gasteiger partial charge in [-0.3, -0.25) is 0 Å². The second-order valence-corrected chi connectivity index (χ2v) is 8.07. The van der Waals surface area contributed by atoms with Crippen LogP contribution < -0.4 is 15.0 Å². The van der Waals surface area contributed by atoms with E-state index in [1.165, 1.54) is 0 Å². The second kappa shape index (κ2) is 9.85. The molecule has 3 aromatic rings. The molecule has 7 nitrogen and oxygen atoms in total. The average Bonchev–Trinajstić information content (AvgIpc) is 3.27. The van der Waals surface area contributed by atoms with E-state index in [2.05, 4.69) is 15.2 Å². The number of piperazine rings is 1. The number of anilines is 1. The van der Waals surface area contributed by atoms with Gasteiger partial charge >= 0.3 is 12.2 Å². The lowest BCUT2D eigenvalue weighted by Crippen LogP contribution is -2.51. The molecule has 4 rings (SSSR count). The van der Waals surface area contributed by atoms with Crippen molar-refractivity contribution in [2.24, 2.45) is 0 Å². The van der Waals surface area contributed by atoms with Gasteiger partial charge < -0.3 is 24.3 Å². The summed E-state index contributed by atoms with van der Waals surface area (Å²) >= 11 is 0. The van der Waals surface area contributed by atoms with Gasteiger partial charge in [-0.15, -0.1) is 0 Å². The molecular weight excluding hydrogens is 468 g/mol. The SMILES string of the molecule is COc1cc(N2CCN(C(=O)NCc3ccc(C(F)(F)F)c(F)c3)CC2)ccc1-c1cnc(C)o1. The van der Waals surface area contributed by atoms with Crippen molar-refractivity contribution < 1.29 is 31.5 Å². The van der Waals surface area contributed by atoms with E-state index in [9.17, 15) is 22.4 Å². The van der Waals surface area contributed by atoms with Crippen LogP contribution in [0.3, 0.4) is 0 Å². The van der Waals surface area contributed by atoms with Crippen LogP contribution in [0.4, 0.5) is 28.0 Å². The van der Waals surface area contributed by atoms with Crippen LogP contribution in [0.25, 0.3) is 11.3 Å². The lowest BCUT2D eigenvalue weighted by molar-refractivity contribution is -0.140. The number of carbonyl (C=O) groups excluding carboxylic acids is 1. The number of benzene rings is 2. The van der Waals surface area contributed by atoms with Crippen molar-refractivity contribution in [2.75, 3.05) is 38.2 Å². The Labute approximate surface area is 199 Å². The predicted octanol–water partition coefficient (Wildman–Crippen LogP) is 4.85. The predicted molar refractivity (Wildman–Crippen MR) is 121 cm³/mol. The molecule has 0 spiro atoms. The minimum absolute atomic E-state index is 0.0755. The summed E-state index contributed by atoms with van der Waals surface area (Å²) in [6, 6.07) is 8.01. The number of methoxy groups -OCH3 is 1. The molecule has 35 heavy (non-hydrogen) atoms. The Morgan fingerprint density at radius 3 is 2.49 bits per heavy atom. The van der Waals surface area contributed by atoms with Crippen LogP contribution in [0.1, 0.15) is 17.0 Å². The van der Waals surface area contributed by atoms with E-state index >= 15 is 0 Å².